The van der Waals surface area contributed by atoms with Crippen LogP contribution in [0.1, 0.15) is 68.5 Å². The number of carbonyl (C=O) groups excluding carboxylic acids is 1. The molecule has 0 bridgehead atoms. The van der Waals surface area contributed by atoms with Crippen LogP contribution in [0, 0.1) is 5.92 Å². The van der Waals surface area contributed by atoms with Gasteiger partial charge in [-0.05, 0) is 43.4 Å². The lowest BCUT2D eigenvalue weighted by atomic mass is 9.77. The van der Waals surface area contributed by atoms with Crippen molar-refractivity contribution in [2.45, 2.75) is 74.6 Å². The van der Waals surface area contributed by atoms with E-state index in [0.29, 0.717) is 6.54 Å². The minimum absolute atomic E-state index is 0.00316. The van der Waals surface area contributed by atoms with E-state index in [1.54, 1.807) is 46.6 Å². The van der Waals surface area contributed by atoms with Crippen molar-refractivity contribution < 1.29 is 4.79 Å². The fraction of sp³-hybridized carbons (Fsp3) is 0.406. The molecule has 2 N–H and O–H groups in total. The summed E-state index contributed by atoms with van der Waals surface area (Å²) in [7, 11) is 0. The van der Waals surface area contributed by atoms with Gasteiger partial charge in [-0.3, -0.25) is 19.5 Å². The van der Waals surface area contributed by atoms with Crippen LogP contribution in [-0.2, 0) is 11.3 Å². The monoisotopic (exact) mass is 612 g/mol. The SMILES string of the molecule is CC1NC(c2cccnc2)SC1(C(=O)Nc1ccccc1-c1cn2c(Cn3cncn3)csc2n1)C1CCCCCCC1. The summed E-state index contributed by atoms with van der Waals surface area (Å²) in [6.07, 6.45) is 17.3. The first kappa shape index (κ1) is 28.2. The quantitative estimate of drug-likeness (QED) is 0.215. The van der Waals surface area contributed by atoms with Crippen LogP contribution in [-0.4, -0.2) is 45.8 Å². The van der Waals surface area contributed by atoms with Crippen molar-refractivity contribution >= 4 is 39.7 Å². The number of thioether (sulfide) groups is 1. The first-order chi connectivity index (χ1) is 21.1. The number of pyridine rings is 1. The minimum atomic E-state index is -0.607. The Morgan fingerprint density at radius 2 is 1.93 bits per heavy atom. The maximum absolute atomic E-state index is 14.7. The van der Waals surface area contributed by atoms with Gasteiger partial charge < -0.3 is 5.32 Å². The molecule has 11 heteroatoms. The molecule has 1 aliphatic heterocycles. The lowest BCUT2D eigenvalue weighted by Crippen LogP contribution is -2.54. The molecule has 3 unspecified atom stereocenters. The third kappa shape index (κ3) is 5.49. The van der Waals surface area contributed by atoms with Crippen molar-refractivity contribution in [3.8, 4) is 11.3 Å². The lowest BCUT2D eigenvalue weighted by Gasteiger charge is -2.39. The van der Waals surface area contributed by atoms with E-state index in [2.05, 4.69) is 54.7 Å². The third-order valence-electron chi connectivity index (χ3n) is 8.94. The van der Waals surface area contributed by atoms with E-state index < -0.39 is 4.75 Å². The number of amides is 1. The summed E-state index contributed by atoms with van der Waals surface area (Å²) in [4.78, 5) is 29.0. The van der Waals surface area contributed by atoms with Gasteiger partial charge in [-0.2, -0.15) is 5.10 Å². The number of thiazole rings is 1. The summed E-state index contributed by atoms with van der Waals surface area (Å²) in [6.45, 7) is 2.80. The molecule has 5 aromatic rings. The van der Waals surface area contributed by atoms with Crippen LogP contribution in [0.5, 0.6) is 0 Å². The van der Waals surface area contributed by atoms with Gasteiger partial charge in [-0.15, -0.1) is 23.1 Å². The Bertz CT molecular complexity index is 1680. The Labute approximate surface area is 259 Å². The highest BCUT2D eigenvalue weighted by Crippen LogP contribution is 2.53. The van der Waals surface area contributed by atoms with Crippen molar-refractivity contribution in [1.29, 1.82) is 0 Å². The van der Waals surface area contributed by atoms with Crippen LogP contribution < -0.4 is 10.6 Å². The summed E-state index contributed by atoms with van der Waals surface area (Å²) < 4.78 is 3.30. The number of anilines is 1. The van der Waals surface area contributed by atoms with Crippen LogP contribution in [0.3, 0.4) is 0 Å². The Morgan fingerprint density at radius 3 is 2.72 bits per heavy atom. The van der Waals surface area contributed by atoms with Gasteiger partial charge in [-0.25, -0.2) is 14.6 Å². The largest absolute Gasteiger partial charge is 0.324 e. The first-order valence-corrected chi connectivity index (χ1v) is 16.9. The number of benzene rings is 1. The third-order valence-corrected chi connectivity index (χ3v) is 11.7. The van der Waals surface area contributed by atoms with E-state index in [-0.39, 0.29) is 23.2 Å². The van der Waals surface area contributed by atoms with Gasteiger partial charge in [-0.1, -0.05) is 56.4 Å². The number of para-hydroxylation sites is 1. The van der Waals surface area contributed by atoms with Crippen molar-refractivity contribution in [3.05, 3.63) is 84.3 Å². The van der Waals surface area contributed by atoms with E-state index in [1.807, 2.05) is 36.5 Å². The topological polar surface area (TPSA) is 102 Å². The van der Waals surface area contributed by atoms with Crippen LogP contribution in [0.15, 0.2) is 73.0 Å². The maximum Gasteiger partial charge on any atom is 0.242 e. The summed E-state index contributed by atoms with van der Waals surface area (Å²) in [6, 6.07) is 12.1. The average Bonchev–Trinajstić information content (AvgIpc) is 3.80. The number of aromatic nitrogens is 6. The maximum atomic E-state index is 14.7. The van der Waals surface area contributed by atoms with Gasteiger partial charge in [0.15, 0.2) is 4.96 Å². The molecule has 0 spiro atoms. The number of nitrogens with zero attached hydrogens (tertiary/aromatic N) is 6. The van der Waals surface area contributed by atoms with Gasteiger partial charge in [0.2, 0.25) is 5.91 Å². The van der Waals surface area contributed by atoms with E-state index in [1.165, 1.54) is 32.1 Å². The van der Waals surface area contributed by atoms with E-state index in [4.69, 9.17) is 4.98 Å². The average molecular weight is 613 g/mol. The zero-order chi connectivity index (χ0) is 29.2. The Balaban J connectivity index is 1.21. The molecule has 1 saturated heterocycles. The predicted molar refractivity (Wildman–Crippen MR) is 172 cm³/mol. The molecule has 2 aliphatic rings. The molecular weight excluding hydrogens is 577 g/mol. The van der Waals surface area contributed by atoms with Crippen LogP contribution >= 0.6 is 23.1 Å². The zero-order valence-electron chi connectivity index (χ0n) is 24.2. The highest BCUT2D eigenvalue weighted by molar-refractivity contribution is 8.02. The number of fused-ring (bicyclic) bond motifs is 1. The molecule has 2 fully saturated rings. The number of hydrogen-bond acceptors (Lipinski definition) is 8. The summed E-state index contributed by atoms with van der Waals surface area (Å²) >= 11 is 3.38. The van der Waals surface area contributed by atoms with Crippen molar-refractivity contribution in [2.75, 3.05) is 5.32 Å². The van der Waals surface area contributed by atoms with Gasteiger partial charge in [0.25, 0.3) is 0 Å². The molecular formula is C32H36N8OS2. The number of hydrogen-bond donors (Lipinski definition) is 2. The predicted octanol–water partition coefficient (Wildman–Crippen LogP) is 6.56. The smallest absolute Gasteiger partial charge is 0.242 e. The van der Waals surface area contributed by atoms with Crippen molar-refractivity contribution in [3.63, 3.8) is 0 Å². The molecule has 1 saturated carbocycles. The van der Waals surface area contributed by atoms with Crippen LogP contribution in [0.4, 0.5) is 5.69 Å². The van der Waals surface area contributed by atoms with Crippen molar-refractivity contribution in [2.24, 2.45) is 5.92 Å². The molecule has 0 radical (unpaired) electrons. The summed E-state index contributed by atoms with van der Waals surface area (Å²) in [5.74, 6) is 0.362. The minimum Gasteiger partial charge on any atom is -0.324 e. The molecule has 4 aromatic heterocycles. The van der Waals surface area contributed by atoms with Crippen LogP contribution in [0.25, 0.3) is 16.2 Å². The number of rotatable bonds is 7. The number of nitrogens with one attached hydrogen (secondary N) is 2. The normalized spacial score (nSPS) is 23.3. The second-order valence-corrected chi connectivity index (χ2v) is 13.8. The molecule has 9 nitrogen and oxygen atoms in total. The fourth-order valence-corrected chi connectivity index (χ4v) is 9.40. The summed E-state index contributed by atoms with van der Waals surface area (Å²) in [5.41, 5.74) is 4.73. The first-order valence-electron chi connectivity index (χ1n) is 15.1. The second kappa shape index (κ2) is 12.2. The molecule has 3 atom stereocenters. The lowest BCUT2D eigenvalue weighted by molar-refractivity contribution is -0.120. The van der Waals surface area contributed by atoms with E-state index in [0.717, 1.165) is 46.0 Å². The standard InChI is InChI=1S/C32H36N8OS2/c1-22-32(24-11-5-3-2-4-6-12-24,43-29(36-22)23-10-9-15-33-16-23)30(41)37-27-14-8-7-13-26(27)28-18-40-25(19-42-31(40)38-28)17-39-21-34-20-35-39/h7-10,13-16,18-22,24,29,36H,2-6,11-12,17H2,1H3,(H,37,41). The number of carbonyl (C=O) groups is 1. The molecule has 43 heavy (non-hydrogen) atoms. The molecule has 5 heterocycles. The molecule has 1 aromatic carbocycles. The van der Waals surface area contributed by atoms with Gasteiger partial charge in [0.05, 0.1) is 29.0 Å². The Morgan fingerprint density at radius 1 is 1.09 bits per heavy atom. The van der Waals surface area contributed by atoms with Crippen molar-refractivity contribution in [1.82, 2.24) is 34.4 Å². The Hall–Kier alpha value is -3.54. The highest BCUT2D eigenvalue weighted by atomic mass is 32.2. The second-order valence-electron chi connectivity index (χ2n) is 11.6. The highest BCUT2D eigenvalue weighted by Gasteiger charge is 2.56. The Kier molecular flexibility index (Phi) is 8.03. The molecule has 1 amide bonds. The van der Waals surface area contributed by atoms with Gasteiger partial charge in [0, 0.05) is 35.6 Å². The fourth-order valence-electron chi connectivity index (χ4n) is 6.74. The number of imidazole rings is 1. The molecule has 222 valence electrons. The molecule has 1 aliphatic carbocycles. The zero-order valence-corrected chi connectivity index (χ0v) is 25.9. The van der Waals surface area contributed by atoms with E-state index in [9.17, 15) is 4.79 Å². The van der Waals surface area contributed by atoms with Gasteiger partial charge >= 0.3 is 0 Å². The van der Waals surface area contributed by atoms with E-state index >= 15 is 0 Å². The van der Waals surface area contributed by atoms with Crippen LogP contribution in [0.2, 0.25) is 0 Å². The summed E-state index contributed by atoms with van der Waals surface area (Å²) in [5, 5.41) is 13.6. The van der Waals surface area contributed by atoms with Gasteiger partial charge in [0.1, 0.15) is 17.4 Å². The molecule has 7 rings (SSSR count).